The minimum Gasteiger partial charge on any atom is -0.490 e. The van der Waals surface area contributed by atoms with E-state index in [9.17, 15) is 18.3 Å². The van der Waals surface area contributed by atoms with Gasteiger partial charge in [0, 0.05) is 52.4 Å². The molecule has 40 heavy (non-hydrogen) atoms. The molecule has 0 spiro atoms. The molecule has 0 saturated heterocycles. The summed E-state index contributed by atoms with van der Waals surface area (Å²) in [6.07, 6.45) is 1.88. The van der Waals surface area contributed by atoms with Crippen molar-refractivity contribution in [1.29, 1.82) is 0 Å². The van der Waals surface area contributed by atoms with Gasteiger partial charge in [0.05, 0.1) is 35.3 Å². The zero-order valence-corrected chi connectivity index (χ0v) is 25.4. The SMILES string of the molecule is C[C@@H]1CN([C@H](C)CO)C(=O)c2cc(N(C)C)ccc2O[C@@H](C)CCCCO[C@H]1CN(C)S(=O)(=O)c1ccccc1. The number of rotatable bonds is 7. The maximum absolute atomic E-state index is 14.1. The fourth-order valence-electron chi connectivity index (χ4n) is 4.78. The van der Waals surface area contributed by atoms with Crippen LogP contribution in [-0.2, 0) is 14.8 Å². The highest BCUT2D eigenvalue weighted by Crippen LogP contribution is 2.29. The van der Waals surface area contributed by atoms with Gasteiger partial charge < -0.3 is 24.4 Å². The van der Waals surface area contributed by atoms with Gasteiger partial charge in [0.2, 0.25) is 10.0 Å². The van der Waals surface area contributed by atoms with Crippen molar-refractivity contribution in [2.45, 2.75) is 63.2 Å². The Labute approximate surface area is 239 Å². The molecule has 10 heteroatoms. The molecule has 3 rings (SSSR count). The predicted molar refractivity (Wildman–Crippen MR) is 157 cm³/mol. The van der Waals surface area contributed by atoms with Crippen molar-refractivity contribution in [3.8, 4) is 5.75 Å². The number of hydrogen-bond acceptors (Lipinski definition) is 7. The zero-order chi connectivity index (χ0) is 29.4. The lowest BCUT2D eigenvalue weighted by Gasteiger charge is -2.35. The summed E-state index contributed by atoms with van der Waals surface area (Å²) in [4.78, 5) is 17.9. The van der Waals surface area contributed by atoms with Crippen LogP contribution in [0, 0.1) is 5.92 Å². The van der Waals surface area contributed by atoms with E-state index in [2.05, 4.69) is 0 Å². The zero-order valence-electron chi connectivity index (χ0n) is 24.6. The molecule has 4 atom stereocenters. The third-order valence-electron chi connectivity index (χ3n) is 7.44. The van der Waals surface area contributed by atoms with Gasteiger partial charge in [-0.25, -0.2) is 8.42 Å². The van der Waals surface area contributed by atoms with Crippen LogP contribution < -0.4 is 9.64 Å². The molecule has 1 aliphatic rings. The third kappa shape index (κ3) is 7.96. The van der Waals surface area contributed by atoms with Crippen molar-refractivity contribution in [2.24, 2.45) is 5.92 Å². The maximum atomic E-state index is 14.1. The number of fused-ring (bicyclic) bond motifs is 1. The van der Waals surface area contributed by atoms with Gasteiger partial charge in [-0.1, -0.05) is 25.1 Å². The highest BCUT2D eigenvalue weighted by atomic mass is 32.2. The lowest BCUT2D eigenvalue weighted by molar-refractivity contribution is -0.00833. The number of amides is 1. The molecule has 1 amide bonds. The summed E-state index contributed by atoms with van der Waals surface area (Å²) in [7, 11) is 1.67. The molecule has 0 aliphatic carbocycles. The van der Waals surface area contributed by atoms with Gasteiger partial charge in [-0.2, -0.15) is 4.31 Å². The highest BCUT2D eigenvalue weighted by Gasteiger charge is 2.32. The molecule has 0 bridgehead atoms. The van der Waals surface area contributed by atoms with Gasteiger partial charge >= 0.3 is 0 Å². The number of nitrogens with zero attached hydrogens (tertiary/aromatic N) is 3. The second-order valence-electron chi connectivity index (χ2n) is 11.0. The Morgan fingerprint density at radius 2 is 1.77 bits per heavy atom. The van der Waals surface area contributed by atoms with Crippen LogP contribution in [0.4, 0.5) is 5.69 Å². The standard InChI is InChI=1S/C30H45N3O6S/c1-22-19-33(23(2)21-34)30(35)27-18-25(31(4)5)15-16-28(27)39-24(3)12-10-11-17-38-29(22)20-32(6)40(36,37)26-13-8-7-9-14-26/h7-9,13-16,18,22-24,29,34H,10-12,17,19-21H2,1-6H3/t22-,23-,24+,29+/m1/s1. The Morgan fingerprint density at radius 1 is 1.07 bits per heavy atom. The Bertz CT molecular complexity index is 1210. The van der Waals surface area contributed by atoms with Crippen LogP contribution >= 0.6 is 0 Å². The first-order valence-corrected chi connectivity index (χ1v) is 15.4. The van der Waals surface area contributed by atoms with Crippen LogP contribution in [0.25, 0.3) is 0 Å². The van der Waals surface area contributed by atoms with E-state index in [1.165, 1.54) is 4.31 Å². The fourth-order valence-corrected chi connectivity index (χ4v) is 5.98. The van der Waals surface area contributed by atoms with E-state index >= 15 is 0 Å². The second-order valence-corrected chi connectivity index (χ2v) is 13.0. The van der Waals surface area contributed by atoms with E-state index in [0.29, 0.717) is 17.9 Å². The Kier molecular flexibility index (Phi) is 11.4. The number of ether oxygens (including phenoxy) is 2. The molecule has 0 unspecified atom stereocenters. The number of benzene rings is 2. The van der Waals surface area contributed by atoms with Gasteiger partial charge in [-0.05, 0) is 63.4 Å². The normalized spacial score (nSPS) is 22.2. The Hall–Kier alpha value is -2.66. The summed E-state index contributed by atoms with van der Waals surface area (Å²) in [5.41, 5.74) is 1.30. The van der Waals surface area contributed by atoms with E-state index < -0.39 is 22.2 Å². The molecule has 9 nitrogen and oxygen atoms in total. The summed E-state index contributed by atoms with van der Waals surface area (Å²) in [6, 6.07) is 13.5. The van der Waals surface area contributed by atoms with Gasteiger partial charge in [-0.3, -0.25) is 4.79 Å². The molecule has 222 valence electrons. The van der Waals surface area contributed by atoms with Crippen molar-refractivity contribution in [3.63, 3.8) is 0 Å². The number of anilines is 1. The summed E-state index contributed by atoms with van der Waals surface area (Å²) in [6.45, 7) is 6.40. The molecule has 2 aromatic carbocycles. The largest absolute Gasteiger partial charge is 0.490 e. The average molecular weight is 576 g/mol. The lowest BCUT2D eigenvalue weighted by Crippen LogP contribution is -2.48. The Balaban J connectivity index is 1.96. The molecule has 0 saturated carbocycles. The first-order valence-electron chi connectivity index (χ1n) is 14.0. The Morgan fingerprint density at radius 3 is 2.42 bits per heavy atom. The molecular weight excluding hydrogens is 530 g/mol. The lowest BCUT2D eigenvalue weighted by atomic mass is 10.0. The third-order valence-corrected chi connectivity index (χ3v) is 9.28. The summed E-state index contributed by atoms with van der Waals surface area (Å²) in [5.74, 6) is 0.0412. The summed E-state index contributed by atoms with van der Waals surface area (Å²) in [5, 5.41) is 10.1. The van der Waals surface area contributed by atoms with Crippen LogP contribution in [-0.4, -0.2) is 94.3 Å². The molecule has 1 N–H and O–H groups in total. The maximum Gasteiger partial charge on any atom is 0.258 e. The van der Waals surface area contributed by atoms with Crippen LogP contribution in [0.5, 0.6) is 5.75 Å². The predicted octanol–water partition coefficient (Wildman–Crippen LogP) is 3.87. The van der Waals surface area contributed by atoms with E-state index in [0.717, 1.165) is 24.9 Å². The molecule has 0 fully saturated rings. The fraction of sp³-hybridized carbons (Fsp3) is 0.567. The van der Waals surface area contributed by atoms with Gasteiger partial charge in [-0.15, -0.1) is 0 Å². The number of likely N-dealkylation sites (N-methyl/N-ethyl adjacent to an activating group) is 1. The molecule has 2 aromatic rings. The van der Waals surface area contributed by atoms with E-state index in [1.54, 1.807) is 49.2 Å². The molecule has 1 aliphatic heterocycles. The van der Waals surface area contributed by atoms with E-state index in [-0.39, 0.29) is 42.5 Å². The van der Waals surface area contributed by atoms with Crippen LogP contribution in [0.15, 0.2) is 53.4 Å². The quantitative estimate of drug-likeness (QED) is 0.535. The monoisotopic (exact) mass is 575 g/mol. The average Bonchev–Trinajstić information content (AvgIpc) is 2.94. The number of sulfonamides is 1. The minimum atomic E-state index is -3.72. The van der Waals surface area contributed by atoms with Gasteiger partial charge in [0.25, 0.3) is 5.91 Å². The van der Waals surface area contributed by atoms with Crippen molar-refractivity contribution < 1.29 is 27.8 Å². The molecule has 0 radical (unpaired) electrons. The summed E-state index contributed by atoms with van der Waals surface area (Å²) < 4.78 is 40.4. The number of carbonyl (C=O) groups excluding carboxylic acids is 1. The number of hydrogen-bond donors (Lipinski definition) is 1. The van der Waals surface area contributed by atoms with Crippen molar-refractivity contribution >= 4 is 21.6 Å². The van der Waals surface area contributed by atoms with Crippen molar-refractivity contribution in [3.05, 3.63) is 54.1 Å². The topological polar surface area (TPSA) is 99.6 Å². The molecule has 0 aromatic heterocycles. The molecule has 1 heterocycles. The van der Waals surface area contributed by atoms with Gasteiger partial charge in [0.15, 0.2) is 0 Å². The van der Waals surface area contributed by atoms with E-state index in [4.69, 9.17) is 9.47 Å². The van der Waals surface area contributed by atoms with Crippen LogP contribution in [0.2, 0.25) is 0 Å². The van der Waals surface area contributed by atoms with E-state index in [1.807, 2.05) is 51.0 Å². The number of carbonyl (C=O) groups is 1. The van der Waals surface area contributed by atoms with Crippen LogP contribution in [0.1, 0.15) is 50.4 Å². The minimum absolute atomic E-state index is 0.111. The first kappa shape index (κ1) is 31.9. The number of aliphatic hydroxyl groups is 1. The highest BCUT2D eigenvalue weighted by molar-refractivity contribution is 7.89. The summed E-state index contributed by atoms with van der Waals surface area (Å²) >= 11 is 0. The number of aliphatic hydroxyl groups excluding tert-OH is 1. The van der Waals surface area contributed by atoms with Crippen molar-refractivity contribution in [1.82, 2.24) is 9.21 Å². The first-order chi connectivity index (χ1) is 18.9. The van der Waals surface area contributed by atoms with Crippen LogP contribution in [0.3, 0.4) is 0 Å². The van der Waals surface area contributed by atoms with Crippen molar-refractivity contribution in [2.75, 3.05) is 52.3 Å². The second kappa shape index (κ2) is 14.3. The molecular formula is C30H45N3O6S. The smallest absolute Gasteiger partial charge is 0.258 e. The van der Waals surface area contributed by atoms with Gasteiger partial charge in [0.1, 0.15) is 5.75 Å².